The van der Waals surface area contributed by atoms with Crippen LogP contribution in [0, 0.1) is 0 Å². The van der Waals surface area contributed by atoms with Crippen molar-refractivity contribution in [3.8, 4) is 0 Å². The first kappa shape index (κ1) is 218. The van der Waals surface area contributed by atoms with Crippen LogP contribution in [0.2, 0.25) is 0 Å². The van der Waals surface area contributed by atoms with Gasteiger partial charge in [0.15, 0.2) is 0 Å². The Morgan fingerprint density at radius 1 is 0.750 bits per heavy atom. The van der Waals surface area contributed by atoms with E-state index in [9.17, 15) is 0 Å². The summed E-state index contributed by atoms with van der Waals surface area (Å²) in [5.41, 5.74) is 0. The van der Waals surface area contributed by atoms with Gasteiger partial charge in [-0.25, -0.2) is 0 Å². The van der Waals surface area contributed by atoms with Crippen molar-refractivity contribution in [3.63, 3.8) is 0 Å². The molecule has 0 atom stereocenters. The number of hydrogen-bond donors (Lipinski definition) is 0. The van der Waals surface area contributed by atoms with Crippen molar-refractivity contribution < 1.29 is 35.9 Å². The predicted octanol–water partition coefficient (Wildman–Crippen LogP) is -1.18. The Morgan fingerprint density at radius 3 is 0.750 bits per heavy atom. The Balaban J connectivity index is 0. The van der Waals surface area contributed by atoms with Gasteiger partial charge in [-0.2, -0.15) is 0 Å². The molecule has 0 spiro atoms. The molecule has 0 unspecified atom stereocenters. The van der Waals surface area contributed by atoms with Gasteiger partial charge in [-0.3, -0.25) is 0 Å². The summed E-state index contributed by atoms with van der Waals surface area (Å²) in [6.07, 6.45) is 0. The van der Waals surface area contributed by atoms with Crippen molar-refractivity contribution in [1.29, 1.82) is 0 Å². The van der Waals surface area contributed by atoms with Crippen molar-refractivity contribution >= 4 is 0 Å². The van der Waals surface area contributed by atoms with Crippen molar-refractivity contribution in [3.05, 3.63) is 0 Å². The molecule has 0 aromatic heterocycles. The molecule has 0 amide bonds. The molecule has 4 N–H and O–H groups in total. The second-order valence-corrected chi connectivity index (χ2v) is 0. The Kier molecular flexibility index (Phi) is 4730. The first-order valence-corrected chi connectivity index (χ1v) is 0. The smallest absolute Gasteiger partial charge is 0.870 e. The number of rotatable bonds is 0. The van der Waals surface area contributed by atoms with Crippen LogP contribution in [0.4, 0.5) is 0 Å². The summed E-state index contributed by atoms with van der Waals surface area (Å²) in [4.78, 5) is 0. The summed E-state index contributed by atoms with van der Waals surface area (Å²) >= 11 is 0. The fourth-order valence-corrected chi connectivity index (χ4v) is 0. The van der Waals surface area contributed by atoms with Crippen LogP contribution in [-0.4, -0.2) is 16.4 Å². The van der Waals surface area contributed by atoms with Gasteiger partial charge in [0.25, 0.3) is 0 Å². The van der Waals surface area contributed by atoms with E-state index in [-0.39, 0.29) is 35.9 Å². The predicted molar refractivity (Wildman–Crippen MR) is 7.49 cm³/mol. The SMILES string of the molecule is O.[OH-].[OH-].[Zn+2]. The van der Waals surface area contributed by atoms with E-state index in [1.165, 1.54) is 0 Å². The third-order valence-electron chi connectivity index (χ3n) is 0. The van der Waals surface area contributed by atoms with Gasteiger partial charge in [0.05, 0.1) is 0 Å². The molecule has 0 aromatic carbocycles. The van der Waals surface area contributed by atoms with Gasteiger partial charge in [-0.15, -0.1) is 0 Å². The van der Waals surface area contributed by atoms with Gasteiger partial charge in [0.1, 0.15) is 0 Å². The Morgan fingerprint density at radius 2 is 0.750 bits per heavy atom. The zero-order chi connectivity index (χ0) is 0. The van der Waals surface area contributed by atoms with Crippen LogP contribution >= 0.6 is 0 Å². The van der Waals surface area contributed by atoms with E-state index in [0.717, 1.165) is 0 Å². The van der Waals surface area contributed by atoms with Gasteiger partial charge in [-0.05, 0) is 0 Å². The van der Waals surface area contributed by atoms with Crippen molar-refractivity contribution in [2.75, 3.05) is 0 Å². The third kappa shape index (κ3) is 22.3. The molecule has 0 bridgehead atoms. The zero-order valence-electron chi connectivity index (χ0n) is 2.10. The summed E-state index contributed by atoms with van der Waals surface area (Å²) in [5.74, 6) is 0. The van der Waals surface area contributed by atoms with Crippen LogP contribution in [0.3, 0.4) is 0 Å². The fraction of sp³-hybridized carbons (Fsp3) is 0. The minimum absolute atomic E-state index is 0. The second kappa shape index (κ2) is 86.6. The summed E-state index contributed by atoms with van der Waals surface area (Å²) in [5, 5.41) is 0. The molecule has 0 heterocycles. The summed E-state index contributed by atoms with van der Waals surface area (Å²) < 4.78 is 0. The third-order valence-corrected chi connectivity index (χ3v) is 0. The summed E-state index contributed by atoms with van der Waals surface area (Å²) in [6.45, 7) is 0. The molecule has 0 saturated heterocycles. The standard InChI is InChI=1S/3H2O.Zn/h3*1H2;/q;;;+2/p-2. The minimum Gasteiger partial charge on any atom is -0.870 e. The molecule has 0 radical (unpaired) electrons. The van der Waals surface area contributed by atoms with Gasteiger partial charge < -0.3 is 16.4 Å². The molecular formula is H4O3Zn. The topological polar surface area (TPSA) is 91.5 Å². The van der Waals surface area contributed by atoms with E-state index in [4.69, 9.17) is 0 Å². The normalized spacial score (nSPS) is 0. The van der Waals surface area contributed by atoms with Crippen LogP contribution in [0.25, 0.3) is 0 Å². The number of hydrogen-bond acceptors (Lipinski definition) is 2. The van der Waals surface area contributed by atoms with E-state index >= 15 is 0 Å². The molecule has 0 rings (SSSR count). The molecule has 0 fully saturated rings. The maximum Gasteiger partial charge on any atom is 2.00 e. The summed E-state index contributed by atoms with van der Waals surface area (Å²) in [6, 6.07) is 0. The maximum absolute atomic E-state index is 0. The van der Waals surface area contributed by atoms with E-state index in [1.54, 1.807) is 0 Å². The van der Waals surface area contributed by atoms with Gasteiger partial charge in [-0.1, -0.05) is 0 Å². The quantitative estimate of drug-likeness (QED) is 0.374. The molecule has 24 valence electrons. The molecule has 4 heavy (non-hydrogen) atoms. The first-order valence-electron chi connectivity index (χ1n) is 0. The monoisotopic (exact) mass is 116 g/mol. The van der Waals surface area contributed by atoms with Crippen molar-refractivity contribution in [2.24, 2.45) is 0 Å². The Labute approximate surface area is 36.7 Å². The van der Waals surface area contributed by atoms with Gasteiger partial charge in [0, 0.05) is 0 Å². The largest absolute Gasteiger partial charge is 2.00 e. The van der Waals surface area contributed by atoms with Crippen LogP contribution in [0.15, 0.2) is 0 Å². The molecular weight excluding hydrogens is 113 g/mol. The van der Waals surface area contributed by atoms with E-state index in [1.807, 2.05) is 0 Å². The minimum atomic E-state index is 0. The molecule has 0 aliphatic heterocycles. The maximum atomic E-state index is 0. The van der Waals surface area contributed by atoms with Crippen LogP contribution in [0.1, 0.15) is 0 Å². The fourth-order valence-electron chi connectivity index (χ4n) is 0. The summed E-state index contributed by atoms with van der Waals surface area (Å²) in [7, 11) is 0. The van der Waals surface area contributed by atoms with Crippen LogP contribution in [0.5, 0.6) is 0 Å². The van der Waals surface area contributed by atoms with E-state index in [0.29, 0.717) is 0 Å². The first-order chi connectivity index (χ1) is 0. The molecule has 0 saturated carbocycles. The molecule has 3 nitrogen and oxygen atoms in total. The van der Waals surface area contributed by atoms with Crippen LogP contribution < -0.4 is 0 Å². The van der Waals surface area contributed by atoms with Gasteiger partial charge in [0.2, 0.25) is 0 Å². The average Bonchev–Trinajstić information content (AvgIpc) is 0. The molecule has 0 aliphatic carbocycles. The van der Waals surface area contributed by atoms with Gasteiger partial charge >= 0.3 is 19.5 Å². The van der Waals surface area contributed by atoms with Crippen molar-refractivity contribution in [2.45, 2.75) is 0 Å². The Bertz CT molecular complexity index is 3.25. The molecule has 4 heteroatoms. The van der Waals surface area contributed by atoms with Crippen LogP contribution in [-0.2, 0) is 19.5 Å². The van der Waals surface area contributed by atoms with Crippen molar-refractivity contribution in [1.82, 2.24) is 0 Å². The average molecular weight is 117 g/mol. The second-order valence-electron chi connectivity index (χ2n) is 0. The zero-order valence-corrected chi connectivity index (χ0v) is 5.07. The Hall–Kier alpha value is 0.503. The van der Waals surface area contributed by atoms with E-state index in [2.05, 4.69) is 0 Å². The molecule has 0 aliphatic rings. The molecule has 0 aromatic rings. The van der Waals surface area contributed by atoms with E-state index < -0.39 is 0 Å².